The number of ether oxygens (including phenoxy) is 1. The van der Waals surface area contributed by atoms with Gasteiger partial charge in [-0.1, -0.05) is 45.0 Å². The van der Waals surface area contributed by atoms with Crippen molar-refractivity contribution in [2.75, 3.05) is 6.61 Å². The quantitative estimate of drug-likeness (QED) is 0.622. The van der Waals surface area contributed by atoms with E-state index < -0.39 is 0 Å². The van der Waals surface area contributed by atoms with Gasteiger partial charge in [-0.05, 0) is 24.4 Å². The van der Waals surface area contributed by atoms with Gasteiger partial charge in [0.15, 0.2) is 0 Å². The second-order valence-corrected chi connectivity index (χ2v) is 7.24. The molecule has 0 saturated heterocycles. The van der Waals surface area contributed by atoms with Crippen LogP contribution in [0.5, 0.6) is 5.75 Å². The third kappa shape index (κ3) is 2.73. The standard InChI is InChI=1S/C19H21NOS/c1-5-21-17-11-10-14(13-8-6-7-9-15(13)17)16-12-22-18(20-16)19(2,3)4/h6-12H,5H2,1-4H3. The molecule has 0 spiro atoms. The minimum Gasteiger partial charge on any atom is -0.493 e. The molecule has 0 aliphatic heterocycles. The Labute approximate surface area is 135 Å². The minimum atomic E-state index is 0.0873. The predicted octanol–water partition coefficient (Wildman–Crippen LogP) is 5.66. The van der Waals surface area contributed by atoms with E-state index in [0.717, 1.165) is 16.8 Å². The van der Waals surface area contributed by atoms with Crippen molar-refractivity contribution < 1.29 is 4.74 Å². The highest BCUT2D eigenvalue weighted by atomic mass is 32.1. The summed E-state index contributed by atoms with van der Waals surface area (Å²) in [5.74, 6) is 0.938. The number of thiazole rings is 1. The highest BCUT2D eigenvalue weighted by Crippen LogP contribution is 2.36. The van der Waals surface area contributed by atoms with E-state index in [0.29, 0.717) is 6.61 Å². The van der Waals surface area contributed by atoms with Gasteiger partial charge in [0.2, 0.25) is 0 Å². The summed E-state index contributed by atoms with van der Waals surface area (Å²) in [5.41, 5.74) is 2.31. The lowest BCUT2D eigenvalue weighted by molar-refractivity contribution is 0.344. The van der Waals surface area contributed by atoms with Gasteiger partial charge in [-0.2, -0.15) is 0 Å². The molecule has 0 saturated carbocycles. The lowest BCUT2D eigenvalue weighted by Crippen LogP contribution is -2.10. The first kappa shape index (κ1) is 15.0. The van der Waals surface area contributed by atoms with Crippen LogP contribution in [0.3, 0.4) is 0 Å². The molecule has 3 heteroatoms. The number of hydrogen-bond acceptors (Lipinski definition) is 3. The van der Waals surface area contributed by atoms with Gasteiger partial charge < -0.3 is 4.74 Å². The monoisotopic (exact) mass is 311 g/mol. The van der Waals surface area contributed by atoms with E-state index in [4.69, 9.17) is 9.72 Å². The van der Waals surface area contributed by atoms with Crippen molar-refractivity contribution in [1.29, 1.82) is 0 Å². The summed E-state index contributed by atoms with van der Waals surface area (Å²) in [6, 6.07) is 12.5. The maximum atomic E-state index is 5.75. The molecule has 0 unspecified atom stereocenters. The lowest BCUT2D eigenvalue weighted by Gasteiger charge is -2.14. The van der Waals surface area contributed by atoms with Gasteiger partial charge in [-0.15, -0.1) is 11.3 Å². The molecule has 0 atom stereocenters. The van der Waals surface area contributed by atoms with Crippen LogP contribution in [-0.4, -0.2) is 11.6 Å². The Balaban J connectivity index is 2.16. The van der Waals surface area contributed by atoms with Crippen molar-refractivity contribution in [2.45, 2.75) is 33.1 Å². The van der Waals surface area contributed by atoms with E-state index in [9.17, 15) is 0 Å². The Morgan fingerprint density at radius 3 is 2.41 bits per heavy atom. The van der Waals surface area contributed by atoms with Gasteiger partial charge in [0.25, 0.3) is 0 Å². The molecule has 22 heavy (non-hydrogen) atoms. The summed E-state index contributed by atoms with van der Waals surface area (Å²) in [6.45, 7) is 9.29. The molecule has 0 amide bonds. The van der Waals surface area contributed by atoms with E-state index in [1.54, 1.807) is 11.3 Å². The average Bonchev–Trinajstić information content (AvgIpc) is 2.98. The minimum absolute atomic E-state index is 0.0873. The Morgan fingerprint density at radius 2 is 1.77 bits per heavy atom. The largest absolute Gasteiger partial charge is 0.493 e. The Hall–Kier alpha value is -1.87. The maximum Gasteiger partial charge on any atom is 0.127 e. The molecule has 0 fully saturated rings. The smallest absolute Gasteiger partial charge is 0.127 e. The van der Waals surface area contributed by atoms with Crippen molar-refractivity contribution in [2.24, 2.45) is 0 Å². The lowest BCUT2D eigenvalue weighted by atomic mass is 9.98. The van der Waals surface area contributed by atoms with Crippen LogP contribution in [0.4, 0.5) is 0 Å². The number of hydrogen-bond donors (Lipinski definition) is 0. The third-order valence-electron chi connectivity index (χ3n) is 3.61. The molecule has 0 aliphatic carbocycles. The summed E-state index contributed by atoms with van der Waals surface area (Å²) >= 11 is 1.73. The van der Waals surface area contributed by atoms with Crippen LogP contribution in [0.2, 0.25) is 0 Å². The molecule has 1 heterocycles. The van der Waals surface area contributed by atoms with Crippen LogP contribution in [0.1, 0.15) is 32.7 Å². The van der Waals surface area contributed by atoms with Gasteiger partial charge >= 0.3 is 0 Å². The Morgan fingerprint density at radius 1 is 1.05 bits per heavy atom. The number of fused-ring (bicyclic) bond motifs is 1. The first-order valence-corrected chi connectivity index (χ1v) is 8.49. The molecule has 114 valence electrons. The van der Waals surface area contributed by atoms with E-state index in [1.807, 2.05) is 6.92 Å². The van der Waals surface area contributed by atoms with Gasteiger partial charge in [-0.25, -0.2) is 4.98 Å². The molecular formula is C19H21NOS. The van der Waals surface area contributed by atoms with Crippen LogP contribution in [0.15, 0.2) is 41.8 Å². The fourth-order valence-corrected chi connectivity index (χ4v) is 3.43. The van der Waals surface area contributed by atoms with Crippen molar-refractivity contribution in [3.8, 4) is 17.0 Å². The van der Waals surface area contributed by atoms with Crippen molar-refractivity contribution >= 4 is 22.1 Å². The summed E-state index contributed by atoms with van der Waals surface area (Å²) < 4.78 is 5.75. The number of rotatable bonds is 3. The summed E-state index contributed by atoms with van der Waals surface area (Å²) in [5, 5.41) is 5.66. The second kappa shape index (κ2) is 5.73. The van der Waals surface area contributed by atoms with Crippen LogP contribution < -0.4 is 4.74 Å². The number of nitrogens with zero attached hydrogens (tertiary/aromatic N) is 1. The van der Waals surface area contributed by atoms with Gasteiger partial charge in [-0.3, -0.25) is 0 Å². The van der Waals surface area contributed by atoms with Crippen molar-refractivity contribution in [3.63, 3.8) is 0 Å². The molecule has 2 nitrogen and oxygen atoms in total. The third-order valence-corrected chi connectivity index (χ3v) is 4.87. The highest BCUT2D eigenvalue weighted by molar-refractivity contribution is 7.10. The van der Waals surface area contributed by atoms with Gasteiger partial charge in [0.1, 0.15) is 5.75 Å². The first-order valence-electron chi connectivity index (χ1n) is 7.61. The molecule has 1 aromatic heterocycles. The summed E-state index contributed by atoms with van der Waals surface area (Å²) in [6.07, 6.45) is 0. The SMILES string of the molecule is CCOc1ccc(-c2csc(C(C)(C)C)n2)c2ccccc12. The molecule has 0 aliphatic rings. The average molecular weight is 311 g/mol. The number of benzene rings is 2. The molecule has 3 rings (SSSR count). The molecule has 0 radical (unpaired) electrons. The molecular weight excluding hydrogens is 290 g/mol. The zero-order valence-electron chi connectivity index (χ0n) is 13.5. The van der Waals surface area contributed by atoms with Crippen LogP contribution >= 0.6 is 11.3 Å². The van der Waals surface area contributed by atoms with Crippen LogP contribution in [0.25, 0.3) is 22.0 Å². The first-order chi connectivity index (χ1) is 10.5. The zero-order valence-corrected chi connectivity index (χ0v) is 14.3. The summed E-state index contributed by atoms with van der Waals surface area (Å²) in [4.78, 5) is 4.86. The topological polar surface area (TPSA) is 22.1 Å². The molecule has 0 bridgehead atoms. The fourth-order valence-electron chi connectivity index (χ4n) is 2.52. The van der Waals surface area contributed by atoms with Crippen LogP contribution in [-0.2, 0) is 5.41 Å². The number of aromatic nitrogens is 1. The van der Waals surface area contributed by atoms with E-state index in [1.165, 1.54) is 16.0 Å². The zero-order chi connectivity index (χ0) is 15.7. The maximum absolute atomic E-state index is 5.75. The molecule has 0 N–H and O–H groups in total. The fraction of sp³-hybridized carbons (Fsp3) is 0.316. The Bertz CT molecular complexity index is 799. The van der Waals surface area contributed by atoms with Gasteiger partial charge in [0, 0.05) is 21.7 Å². The predicted molar refractivity (Wildman–Crippen MR) is 94.9 cm³/mol. The van der Waals surface area contributed by atoms with E-state index in [-0.39, 0.29) is 5.41 Å². The highest BCUT2D eigenvalue weighted by Gasteiger charge is 2.19. The van der Waals surface area contributed by atoms with E-state index >= 15 is 0 Å². The second-order valence-electron chi connectivity index (χ2n) is 6.38. The van der Waals surface area contributed by atoms with Crippen molar-refractivity contribution in [3.05, 3.63) is 46.8 Å². The molecule has 3 aromatic rings. The van der Waals surface area contributed by atoms with E-state index in [2.05, 4.69) is 62.5 Å². The van der Waals surface area contributed by atoms with Gasteiger partial charge in [0.05, 0.1) is 17.3 Å². The van der Waals surface area contributed by atoms with Crippen molar-refractivity contribution in [1.82, 2.24) is 4.98 Å². The Kier molecular flexibility index (Phi) is 3.92. The summed E-state index contributed by atoms with van der Waals surface area (Å²) in [7, 11) is 0. The normalized spacial score (nSPS) is 11.8. The van der Waals surface area contributed by atoms with Crippen LogP contribution in [0, 0.1) is 0 Å². The molecule has 2 aromatic carbocycles.